The zero-order valence-electron chi connectivity index (χ0n) is 13.8. The molecule has 24 heavy (non-hydrogen) atoms. The van der Waals surface area contributed by atoms with Crippen LogP contribution in [0.25, 0.3) is 0 Å². The molecule has 0 bridgehead atoms. The third-order valence-corrected chi connectivity index (χ3v) is 4.34. The van der Waals surface area contributed by atoms with Crippen molar-refractivity contribution in [3.8, 4) is 11.5 Å². The molecule has 1 atom stereocenters. The molecule has 0 aliphatic carbocycles. The van der Waals surface area contributed by atoms with Gasteiger partial charge in [0.15, 0.2) is 5.13 Å². The lowest BCUT2D eigenvalue weighted by atomic mass is 10.2. The summed E-state index contributed by atoms with van der Waals surface area (Å²) in [5, 5.41) is 9.69. The van der Waals surface area contributed by atoms with Gasteiger partial charge >= 0.3 is 0 Å². The van der Waals surface area contributed by atoms with Crippen molar-refractivity contribution in [2.45, 2.75) is 19.9 Å². The van der Waals surface area contributed by atoms with Crippen molar-refractivity contribution >= 4 is 22.2 Å². The first kappa shape index (κ1) is 16.5. The third kappa shape index (κ3) is 4.34. The van der Waals surface area contributed by atoms with E-state index in [-0.39, 0.29) is 6.04 Å². The lowest BCUT2D eigenvalue weighted by Crippen LogP contribution is -2.17. The van der Waals surface area contributed by atoms with Crippen molar-refractivity contribution in [3.05, 3.63) is 65.7 Å². The van der Waals surface area contributed by atoms with E-state index in [1.165, 1.54) is 0 Å². The molecule has 3 aromatic rings. The minimum absolute atomic E-state index is 0.267. The second-order valence-electron chi connectivity index (χ2n) is 5.42. The molecular weight excluding hydrogens is 318 g/mol. The van der Waals surface area contributed by atoms with E-state index in [1.54, 1.807) is 11.3 Å². The highest BCUT2D eigenvalue weighted by atomic mass is 32.1. The van der Waals surface area contributed by atoms with Crippen LogP contribution in [0.5, 0.6) is 11.5 Å². The van der Waals surface area contributed by atoms with Crippen LogP contribution in [0.15, 0.2) is 60.0 Å². The highest BCUT2D eigenvalue weighted by Gasteiger charge is 2.09. The average Bonchev–Trinajstić information content (AvgIpc) is 3.06. The van der Waals surface area contributed by atoms with Crippen LogP contribution < -0.4 is 15.4 Å². The summed E-state index contributed by atoms with van der Waals surface area (Å²) in [5.74, 6) is 1.65. The first-order valence-electron chi connectivity index (χ1n) is 8.03. The van der Waals surface area contributed by atoms with Gasteiger partial charge in [0.25, 0.3) is 0 Å². The van der Waals surface area contributed by atoms with E-state index >= 15 is 0 Å². The summed E-state index contributed by atoms with van der Waals surface area (Å²) >= 11 is 1.61. The molecule has 0 amide bonds. The van der Waals surface area contributed by atoms with Crippen molar-refractivity contribution in [2.75, 3.05) is 11.9 Å². The second kappa shape index (κ2) is 7.95. The molecule has 3 rings (SSSR count). The van der Waals surface area contributed by atoms with Crippen molar-refractivity contribution in [3.63, 3.8) is 0 Å². The van der Waals surface area contributed by atoms with Crippen LogP contribution in [-0.4, -0.2) is 11.5 Å². The number of nitrogens with zero attached hydrogens (tertiary/aromatic N) is 1. The fourth-order valence-electron chi connectivity index (χ4n) is 2.31. The average molecular weight is 339 g/mol. The first-order chi connectivity index (χ1) is 11.7. The molecule has 5 heteroatoms. The Morgan fingerprint density at radius 2 is 1.75 bits per heavy atom. The smallest absolute Gasteiger partial charge is 0.187 e. The predicted octanol–water partition coefficient (Wildman–Crippen LogP) is 5.35. The van der Waals surface area contributed by atoms with E-state index in [9.17, 15) is 0 Å². The molecule has 0 aliphatic heterocycles. The molecule has 2 N–H and O–H groups in total. The summed E-state index contributed by atoms with van der Waals surface area (Å²) in [6.45, 7) is 5.16. The molecule has 0 saturated heterocycles. The number of thiazole rings is 1. The van der Waals surface area contributed by atoms with Gasteiger partial charge in [-0.2, -0.15) is 0 Å². The van der Waals surface area contributed by atoms with Crippen LogP contribution in [0.4, 0.5) is 10.8 Å². The minimum atomic E-state index is 0.267. The number of hydrogen-bond donors (Lipinski definition) is 2. The fourth-order valence-corrected chi connectivity index (χ4v) is 3.13. The summed E-state index contributed by atoms with van der Waals surface area (Å²) in [7, 11) is 0. The van der Waals surface area contributed by atoms with E-state index in [0.717, 1.165) is 34.6 Å². The second-order valence-corrected chi connectivity index (χ2v) is 6.28. The maximum absolute atomic E-state index is 5.80. The molecular formula is C19H21N3OS. The van der Waals surface area contributed by atoms with E-state index in [2.05, 4.69) is 34.8 Å². The SMILES string of the molecule is CCNC(C)c1csc(Nc2ccc(Oc3ccccc3)cc2)n1. The molecule has 1 unspecified atom stereocenters. The summed E-state index contributed by atoms with van der Waals surface area (Å²) in [4.78, 5) is 4.63. The van der Waals surface area contributed by atoms with Gasteiger partial charge in [-0.15, -0.1) is 11.3 Å². The van der Waals surface area contributed by atoms with E-state index in [0.29, 0.717) is 0 Å². The van der Waals surface area contributed by atoms with Gasteiger partial charge in [-0.05, 0) is 49.9 Å². The van der Waals surface area contributed by atoms with Crippen LogP contribution >= 0.6 is 11.3 Å². The van der Waals surface area contributed by atoms with Gasteiger partial charge in [0, 0.05) is 17.1 Å². The number of nitrogens with one attached hydrogen (secondary N) is 2. The van der Waals surface area contributed by atoms with E-state index in [4.69, 9.17) is 4.74 Å². The Hall–Kier alpha value is -2.37. The van der Waals surface area contributed by atoms with E-state index < -0.39 is 0 Å². The number of anilines is 2. The van der Waals surface area contributed by atoms with Crippen LogP contribution in [0.3, 0.4) is 0 Å². The predicted molar refractivity (Wildman–Crippen MR) is 100 cm³/mol. The monoisotopic (exact) mass is 339 g/mol. The number of aromatic nitrogens is 1. The van der Waals surface area contributed by atoms with Crippen molar-refractivity contribution in [1.82, 2.24) is 10.3 Å². The van der Waals surface area contributed by atoms with Gasteiger partial charge in [0.05, 0.1) is 5.69 Å². The Labute approximate surface area is 146 Å². The Morgan fingerprint density at radius 1 is 1.04 bits per heavy atom. The van der Waals surface area contributed by atoms with Crippen molar-refractivity contribution in [1.29, 1.82) is 0 Å². The summed E-state index contributed by atoms with van der Waals surface area (Å²) < 4.78 is 5.80. The van der Waals surface area contributed by atoms with Crippen LogP contribution in [-0.2, 0) is 0 Å². The minimum Gasteiger partial charge on any atom is -0.457 e. The van der Waals surface area contributed by atoms with Crippen LogP contribution in [0.2, 0.25) is 0 Å². The highest BCUT2D eigenvalue weighted by Crippen LogP contribution is 2.26. The van der Waals surface area contributed by atoms with Gasteiger partial charge < -0.3 is 15.4 Å². The standard InChI is InChI=1S/C19H21N3OS/c1-3-20-14(2)18-13-24-19(22-18)21-15-9-11-17(12-10-15)23-16-7-5-4-6-8-16/h4-14,20H,3H2,1-2H3,(H,21,22). The summed E-state index contributed by atoms with van der Waals surface area (Å²) in [6, 6.07) is 17.9. The maximum Gasteiger partial charge on any atom is 0.187 e. The molecule has 0 saturated carbocycles. The topological polar surface area (TPSA) is 46.2 Å². The maximum atomic E-state index is 5.80. The lowest BCUT2D eigenvalue weighted by Gasteiger charge is -2.09. The summed E-state index contributed by atoms with van der Waals surface area (Å²) in [6.07, 6.45) is 0. The Balaban J connectivity index is 1.62. The Morgan fingerprint density at radius 3 is 2.46 bits per heavy atom. The van der Waals surface area contributed by atoms with Crippen molar-refractivity contribution in [2.24, 2.45) is 0 Å². The largest absolute Gasteiger partial charge is 0.457 e. The zero-order chi connectivity index (χ0) is 16.8. The first-order valence-corrected chi connectivity index (χ1v) is 8.91. The van der Waals surface area contributed by atoms with Gasteiger partial charge in [0.2, 0.25) is 0 Å². The van der Waals surface area contributed by atoms with Crippen LogP contribution in [0.1, 0.15) is 25.6 Å². The third-order valence-electron chi connectivity index (χ3n) is 3.56. The van der Waals surface area contributed by atoms with Gasteiger partial charge in [-0.25, -0.2) is 4.98 Å². The number of benzene rings is 2. The van der Waals surface area contributed by atoms with Crippen molar-refractivity contribution < 1.29 is 4.74 Å². The molecule has 0 radical (unpaired) electrons. The Bertz CT molecular complexity index is 756. The quantitative estimate of drug-likeness (QED) is 0.609. The molecule has 0 spiro atoms. The molecule has 2 aromatic carbocycles. The fraction of sp³-hybridized carbons (Fsp3) is 0.211. The Kier molecular flexibility index (Phi) is 5.46. The number of rotatable bonds is 7. The van der Waals surface area contributed by atoms with Gasteiger partial charge in [-0.1, -0.05) is 25.1 Å². The number of para-hydroxylation sites is 1. The van der Waals surface area contributed by atoms with E-state index in [1.807, 2.05) is 54.6 Å². The van der Waals surface area contributed by atoms with Gasteiger partial charge in [0.1, 0.15) is 11.5 Å². The number of ether oxygens (including phenoxy) is 1. The molecule has 0 fully saturated rings. The molecule has 4 nitrogen and oxygen atoms in total. The van der Waals surface area contributed by atoms with Gasteiger partial charge in [-0.3, -0.25) is 0 Å². The highest BCUT2D eigenvalue weighted by molar-refractivity contribution is 7.13. The van der Waals surface area contributed by atoms with Crippen LogP contribution in [0, 0.1) is 0 Å². The molecule has 1 heterocycles. The lowest BCUT2D eigenvalue weighted by molar-refractivity contribution is 0.483. The molecule has 1 aromatic heterocycles. The zero-order valence-corrected chi connectivity index (χ0v) is 14.6. The number of hydrogen-bond acceptors (Lipinski definition) is 5. The molecule has 0 aliphatic rings. The summed E-state index contributed by atoms with van der Waals surface area (Å²) in [5.41, 5.74) is 2.06. The normalized spacial score (nSPS) is 11.9. The molecule has 124 valence electrons.